The van der Waals surface area contributed by atoms with Crippen molar-refractivity contribution in [1.29, 1.82) is 0 Å². The molecule has 0 amide bonds. The Morgan fingerprint density at radius 3 is 2.00 bits per heavy atom. The van der Waals surface area contributed by atoms with Crippen LogP contribution in [0.25, 0.3) is 0 Å². The van der Waals surface area contributed by atoms with Crippen molar-refractivity contribution in [2.75, 3.05) is 6.66 Å². The lowest BCUT2D eigenvalue weighted by atomic mass is 10.1. The Labute approximate surface area is 144 Å². The third-order valence-corrected chi connectivity index (χ3v) is 10.1. The molecule has 24 heavy (non-hydrogen) atoms. The Hall–Kier alpha value is -1.53. The summed E-state index contributed by atoms with van der Waals surface area (Å²) in [6, 6.07) is 2.48. The number of halogens is 2. The zero-order valence-corrected chi connectivity index (χ0v) is 15.1. The molecular formula is C21H24F2P+. The molecule has 0 saturated carbocycles. The van der Waals surface area contributed by atoms with Crippen molar-refractivity contribution in [3.63, 3.8) is 0 Å². The van der Waals surface area contributed by atoms with E-state index in [0.29, 0.717) is 16.9 Å². The molecule has 0 bridgehead atoms. The molecule has 0 nitrogen and oxygen atoms in total. The summed E-state index contributed by atoms with van der Waals surface area (Å²) in [6.45, 7) is 4.18. The van der Waals surface area contributed by atoms with Gasteiger partial charge in [0.25, 0.3) is 0 Å². The average molecular weight is 345 g/mol. The highest BCUT2D eigenvalue weighted by molar-refractivity contribution is 7.76. The summed E-state index contributed by atoms with van der Waals surface area (Å²) in [4.78, 5) is 0. The van der Waals surface area contributed by atoms with E-state index in [1.807, 2.05) is 6.92 Å². The van der Waals surface area contributed by atoms with Gasteiger partial charge in [0.2, 0.25) is 0 Å². The molecular weight excluding hydrogens is 321 g/mol. The highest BCUT2D eigenvalue weighted by Gasteiger charge is 2.46. The number of aryl methyl sites for hydroxylation is 1. The second-order valence-corrected chi connectivity index (χ2v) is 11.3. The maximum absolute atomic E-state index is 14.5. The van der Waals surface area contributed by atoms with E-state index in [1.165, 1.54) is 6.07 Å². The van der Waals surface area contributed by atoms with Gasteiger partial charge in [0, 0.05) is 31.7 Å². The van der Waals surface area contributed by atoms with Gasteiger partial charge in [-0.1, -0.05) is 36.5 Å². The number of allylic oxidation sites excluding steroid dienone is 8. The first-order valence-corrected chi connectivity index (χ1v) is 11.0. The van der Waals surface area contributed by atoms with Gasteiger partial charge in [-0.05, 0) is 30.7 Å². The predicted molar refractivity (Wildman–Crippen MR) is 101 cm³/mol. The molecule has 1 aromatic carbocycles. The Bertz CT molecular complexity index is 674. The summed E-state index contributed by atoms with van der Waals surface area (Å²) in [5.74, 6) is -0.890. The fourth-order valence-corrected chi connectivity index (χ4v) is 8.00. The molecule has 2 atom stereocenters. The summed E-state index contributed by atoms with van der Waals surface area (Å²) in [7, 11) is -1.55. The van der Waals surface area contributed by atoms with E-state index in [-0.39, 0.29) is 0 Å². The number of benzene rings is 1. The van der Waals surface area contributed by atoms with Gasteiger partial charge in [0.15, 0.2) is 0 Å². The smallest absolute Gasteiger partial charge is 0.133 e. The van der Waals surface area contributed by atoms with Crippen molar-refractivity contribution < 1.29 is 8.78 Å². The predicted octanol–water partition coefficient (Wildman–Crippen LogP) is 6.19. The summed E-state index contributed by atoms with van der Waals surface area (Å²) in [5.41, 5.74) is 2.32. The molecule has 0 saturated heterocycles. The summed E-state index contributed by atoms with van der Waals surface area (Å²) < 4.78 is 28.0. The third-order valence-electron chi connectivity index (χ3n) is 5.31. The normalized spacial score (nSPS) is 25.0. The fourth-order valence-electron chi connectivity index (χ4n) is 3.76. The molecule has 1 aromatic rings. The first kappa shape index (κ1) is 17.3. The van der Waals surface area contributed by atoms with Gasteiger partial charge in [-0.3, -0.25) is 0 Å². The van der Waals surface area contributed by atoms with Crippen molar-refractivity contribution >= 4 is 7.26 Å². The van der Waals surface area contributed by atoms with Crippen LogP contribution < -0.4 is 0 Å². The molecule has 0 radical (unpaired) electrons. The topological polar surface area (TPSA) is 0 Å². The van der Waals surface area contributed by atoms with E-state index < -0.39 is 18.9 Å². The molecule has 0 N–H and O–H groups in total. The van der Waals surface area contributed by atoms with Gasteiger partial charge < -0.3 is 0 Å². The van der Waals surface area contributed by atoms with Crippen LogP contribution in [-0.2, 0) is 6.16 Å². The molecule has 0 fully saturated rings. The number of rotatable bonds is 4. The molecule has 2 aliphatic rings. The van der Waals surface area contributed by atoms with Crippen LogP contribution in [0.1, 0.15) is 24.0 Å². The highest BCUT2D eigenvalue weighted by atomic mass is 31.2. The lowest BCUT2D eigenvalue weighted by Gasteiger charge is -2.36. The molecule has 0 aromatic heterocycles. The Morgan fingerprint density at radius 1 is 0.958 bits per heavy atom. The van der Waals surface area contributed by atoms with Gasteiger partial charge in [-0.15, -0.1) is 0 Å². The highest BCUT2D eigenvalue weighted by Crippen LogP contribution is 2.69. The lowest BCUT2D eigenvalue weighted by Crippen LogP contribution is -2.24. The summed E-state index contributed by atoms with van der Waals surface area (Å²) in [5, 5.41) is 0. The van der Waals surface area contributed by atoms with Crippen LogP contribution >= 0.6 is 7.26 Å². The SMILES string of the molecule is Cc1cc(F)cc(F)c1C[P+](C)(C1C=CC=CC1)C1C=CC=CC1. The zero-order valence-electron chi connectivity index (χ0n) is 14.3. The van der Waals surface area contributed by atoms with Crippen LogP contribution in [0, 0.1) is 18.6 Å². The van der Waals surface area contributed by atoms with Crippen LogP contribution in [0.15, 0.2) is 60.7 Å². The van der Waals surface area contributed by atoms with Crippen LogP contribution in [-0.4, -0.2) is 18.0 Å². The molecule has 0 aliphatic heterocycles. The van der Waals surface area contributed by atoms with Crippen LogP contribution in [0.4, 0.5) is 8.78 Å². The minimum Gasteiger partial charge on any atom is -0.207 e. The van der Waals surface area contributed by atoms with Gasteiger partial charge in [-0.2, -0.15) is 0 Å². The van der Waals surface area contributed by atoms with E-state index >= 15 is 0 Å². The maximum atomic E-state index is 14.5. The van der Waals surface area contributed by atoms with Gasteiger partial charge >= 0.3 is 0 Å². The standard InChI is InChI=1S/C21H24F2P/c1-16-13-17(22)14-21(23)20(16)15-24(2,18-9-5-3-6-10-18)19-11-7-4-8-12-19/h3-9,11,13-14,18-19H,10,12,15H2,1-2H3/q+1. The molecule has 0 heterocycles. The van der Waals surface area contributed by atoms with Crippen molar-refractivity contribution in [2.45, 2.75) is 37.2 Å². The Balaban J connectivity index is 1.99. The van der Waals surface area contributed by atoms with Gasteiger partial charge in [0.05, 0.1) is 24.1 Å². The molecule has 3 rings (SSSR count). The molecule has 126 valence electrons. The third kappa shape index (κ3) is 3.44. The summed E-state index contributed by atoms with van der Waals surface area (Å²) in [6.07, 6.45) is 20.1. The molecule has 2 unspecified atom stereocenters. The van der Waals surface area contributed by atoms with E-state index in [1.54, 1.807) is 0 Å². The fraction of sp³-hybridized carbons (Fsp3) is 0.333. The van der Waals surface area contributed by atoms with E-state index in [4.69, 9.17) is 0 Å². The largest absolute Gasteiger partial charge is 0.207 e. The van der Waals surface area contributed by atoms with E-state index in [9.17, 15) is 8.78 Å². The van der Waals surface area contributed by atoms with Crippen LogP contribution in [0.2, 0.25) is 0 Å². The molecule has 0 spiro atoms. The Morgan fingerprint density at radius 2 is 1.54 bits per heavy atom. The van der Waals surface area contributed by atoms with Gasteiger partial charge in [0.1, 0.15) is 11.6 Å². The zero-order chi connectivity index (χ0) is 17.2. The first-order valence-electron chi connectivity index (χ1n) is 8.47. The first-order chi connectivity index (χ1) is 11.5. The van der Waals surface area contributed by atoms with Crippen molar-refractivity contribution in [3.8, 4) is 0 Å². The number of hydrogen-bond donors (Lipinski definition) is 0. The lowest BCUT2D eigenvalue weighted by molar-refractivity contribution is 0.573. The Kier molecular flexibility index (Phi) is 5.15. The van der Waals surface area contributed by atoms with E-state index in [2.05, 4.69) is 55.3 Å². The average Bonchev–Trinajstić information content (AvgIpc) is 2.59. The quantitative estimate of drug-likeness (QED) is 0.571. The van der Waals surface area contributed by atoms with E-state index in [0.717, 1.165) is 30.6 Å². The van der Waals surface area contributed by atoms with Crippen molar-refractivity contribution in [2.24, 2.45) is 0 Å². The monoisotopic (exact) mass is 345 g/mol. The minimum absolute atomic E-state index is 0.399. The van der Waals surface area contributed by atoms with Crippen molar-refractivity contribution in [3.05, 3.63) is 83.5 Å². The molecule has 3 heteroatoms. The maximum Gasteiger partial charge on any atom is 0.133 e. The second-order valence-electron chi connectivity index (χ2n) is 6.92. The molecule has 2 aliphatic carbocycles. The summed E-state index contributed by atoms with van der Waals surface area (Å²) >= 11 is 0. The second kappa shape index (κ2) is 7.15. The van der Waals surface area contributed by atoms with Crippen LogP contribution in [0.3, 0.4) is 0 Å². The number of hydrogen-bond acceptors (Lipinski definition) is 0. The van der Waals surface area contributed by atoms with Crippen LogP contribution in [0.5, 0.6) is 0 Å². The minimum atomic E-state index is -1.55. The van der Waals surface area contributed by atoms with Gasteiger partial charge in [-0.25, -0.2) is 8.78 Å². The van der Waals surface area contributed by atoms with Crippen molar-refractivity contribution in [1.82, 2.24) is 0 Å².